The van der Waals surface area contributed by atoms with Crippen LogP contribution >= 0.6 is 15.2 Å². The Hall–Kier alpha value is -3.82. The number of nitrogens with one attached hydrogen (secondary N) is 1. The molecule has 2 aromatic rings. The highest BCUT2D eigenvalue weighted by Crippen LogP contribution is 2.69. The fraction of sp³-hybridized carbons (Fsp3) is 0.500. The molecule has 0 aromatic heterocycles. The van der Waals surface area contributed by atoms with Gasteiger partial charge in [0.1, 0.15) is 0 Å². The summed E-state index contributed by atoms with van der Waals surface area (Å²) in [6.07, 6.45) is 2.47. The van der Waals surface area contributed by atoms with Crippen LogP contribution in [0.25, 0.3) is 0 Å². The third-order valence-electron chi connectivity index (χ3n) is 8.96. The topological polar surface area (TPSA) is 237 Å². The zero-order valence-electron chi connectivity index (χ0n) is 30.3. The lowest BCUT2D eigenvalue weighted by molar-refractivity contribution is -0.167. The number of ether oxygens (including phenoxy) is 2. The van der Waals surface area contributed by atoms with Gasteiger partial charge in [0.05, 0.1) is 19.1 Å². The van der Waals surface area contributed by atoms with Crippen LogP contribution in [0.5, 0.6) is 0 Å². The number of nitrogens with zero attached hydrogens (tertiary/aromatic N) is 1. The van der Waals surface area contributed by atoms with Crippen molar-refractivity contribution in [2.45, 2.75) is 94.3 Å². The average molecular weight is 817 g/mol. The first-order chi connectivity index (χ1) is 25.8. The molecule has 1 heterocycles. The lowest BCUT2D eigenvalue weighted by atomic mass is 10.0. The summed E-state index contributed by atoms with van der Waals surface area (Å²) in [6.45, 7) is 2.14. The minimum Gasteiger partial charge on any atom is -0.466 e. The summed E-state index contributed by atoms with van der Waals surface area (Å²) in [7, 11) is -11.3. The number of carbonyl (C=O) groups is 4. The molecule has 0 bridgehead atoms. The zero-order chi connectivity index (χ0) is 40.9. The van der Waals surface area contributed by atoms with Gasteiger partial charge in [-0.3, -0.25) is 28.3 Å². The predicted octanol–water partition coefficient (Wildman–Crippen LogP) is 4.51. The maximum absolute atomic E-state index is 15.9. The van der Waals surface area contributed by atoms with Crippen LogP contribution in [0.15, 0.2) is 66.7 Å². The van der Waals surface area contributed by atoms with Gasteiger partial charge in [-0.05, 0) is 56.4 Å². The number of likely N-dealkylation sites (tertiary alicyclic amines) is 1. The minimum absolute atomic E-state index is 0.0705. The molecule has 3 rings (SSSR count). The van der Waals surface area contributed by atoms with E-state index >= 15 is 8.78 Å². The number of aliphatic hydroxyl groups is 1. The van der Waals surface area contributed by atoms with Crippen molar-refractivity contribution in [3.05, 3.63) is 83.4 Å². The van der Waals surface area contributed by atoms with Gasteiger partial charge < -0.3 is 44.4 Å². The van der Waals surface area contributed by atoms with E-state index in [-0.39, 0.29) is 36.0 Å². The van der Waals surface area contributed by atoms with E-state index in [4.69, 9.17) is 9.47 Å². The van der Waals surface area contributed by atoms with E-state index in [0.29, 0.717) is 44.4 Å². The van der Waals surface area contributed by atoms with E-state index in [2.05, 4.69) is 5.32 Å². The van der Waals surface area contributed by atoms with E-state index in [1.54, 1.807) is 17.9 Å². The molecule has 2 aromatic carbocycles. The molecule has 0 aliphatic carbocycles. The molecule has 1 saturated heterocycles. The van der Waals surface area contributed by atoms with Crippen molar-refractivity contribution in [2.75, 3.05) is 19.7 Å². The number of hydrogen-bond donors (Lipinski definition) is 6. The number of halogens is 2. The van der Waals surface area contributed by atoms with Crippen molar-refractivity contribution in [3.63, 3.8) is 0 Å². The molecule has 15 nitrogen and oxygen atoms in total. The minimum atomic E-state index is -5.64. The van der Waals surface area contributed by atoms with Gasteiger partial charge in [-0.15, -0.1) is 0 Å². The standard InChI is InChI=1S/C36H48F2N2O13P2/c1-2-52-32(42)13-8-3-4-9-24-40-29(19-21-31(40)41)18-20-30(36(37,38)28-11-6-5-7-12-28)53-33(43)25-26-14-16-27(17-15-26)34(44)39-23-10-22-35(45,54(46,47)48)55(49,50)51/h5-7,11-12,14-18,20,29-30,45H,2-4,8-10,13,19,21-25H2,1H3,(H,39,44)(H2,46,47,48)(H2,49,50,51)/b20-18+/t29-,30+/m0/s1. The van der Waals surface area contributed by atoms with Crippen LogP contribution in [0.1, 0.15) is 86.2 Å². The predicted molar refractivity (Wildman–Crippen MR) is 195 cm³/mol. The Labute approximate surface area is 317 Å². The summed E-state index contributed by atoms with van der Waals surface area (Å²) in [6, 6.07) is 11.8. The van der Waals surface area contributed by atoms with Crippen molar-refractivity contribution in [1.82, 2.24) is 10.2 Å². The number of alkyl halides is 2. The Kier molecular flexibility index (Phi) is 16.9. The summed E-state index contributed by atoms with van der Waals surface area (Å²) in [5, 5.41) is 8.73. The molecule has 2 atom stereocenters. The molecule has 1 aliphatic heterocycles. The molecule has 19 heteroatoms. The fourth-order valence-corrected chi connectivity index (χ4v) is 8.14. The summed E-state index contributed by atoms with van der Waals surface area (Å²) < 4.78 is 65.0. The second-order valence-corrected chi connectivity index (χ2v) is 17.1. The van der Waals surface area contributed by atoms with E-state index < -0.39 is 69.5 Å². The summed E-state index contributed by atoms with van der Waals surface area (Å²) in [5.74, 6) is -5.70. The lowest BCUT2D eigenvalue weighted by Gasteiger charge is -2.29. The highest BCUT2D eigenvalue weighted by atomic mass is 31.2. The molecule has 0 spiro atoms. The summed E-state index contributed by atoms with van der Waals surface area (Å²) in [4.78, 5) is 88.3. The van der Waals surface area contributed by atoms with Crippen molar-refractivity contribution in [3.8, 4) is 0 Å². The molecule has 0 radical (unpaired) electrons. The number of esters is 2. The first kappa shape index (κ1) is 45.6. The molecule has 6 N–H and O–H groups in total. The van der Waals surface area contributed by atoms with Crippen LogP contribution in [-0.4, -0.2) is 90.3 Å². The number of amides is 2. The first-order valence-corrected chi connectivity index (χ1v) is 21.0. The SMILES string of the molecule is CCOC(=O)CCCCCCN1C(=O)CC[C@@H]1/C=C/[C@@H](OC(=O)Cc1ccc(C(=O)NCCCC(O)(P(=O)(O)O)P(=O)(O)O)cc1)C(F)(F)c1ccccc1. The Bertz CT molecular complexity index is 1710. The van der Waals surface area contributed by atoms with Crippen LogP contribution < -0.4 is 5.32 Å². The number of carbonyl (C=O) groups excluding carboxylic acids is 4. The van der Waals surface area contributed by atoms with Gasteiger partial charge in [-0.25, -0.2) is 0 Å². The van der Waals surface area contributed by atoms with Gasteiger partial charge >= 0.3 is 33.1 Å². The van der Waals surface area contributed by atoms with E-state index in [1.165, 1.54) is 54.6 Å². The zero-order valence-corrected chi connectivity index (χ0v) is 32.1. The normalized spacial score (nSPS) is 16.0. The monoisotopic (exact) mass is 816 g/mol. The van der Waals surface area contributed by atoms with Gasteiger partial charge in [0, 0.05) is 43.5 Å². The van der Waals surface area contributed by atoms with Crippen LogP contribution in [0.2, 0.25) is 0 Å². The second-order valence-electron chi connectivity index (χ2n) is 13.0. The molecular weight excluding hydrogens is 768 g/mol. The lowest BCUT2D eigenvalue weighted by Crippen LogP contribution is -2.36. The summed E-state index contributed by atoms with van der Waals surface area (Å²) in [5.41, 5.74) is -0.000250. The Morgan fingerprint density at radius 1 is 0.945 bits per heavy atom. The highest BCUT2D eigenvalue weighted by molar-refractivity contribution is 7.72. The number of unbranched alkanes of at least 4 members (excludes halogenated alkanes) is 3. The Balaban J connectivity index is 1.62. The molecular formula is C36H48F2N2O13P2. The van der Waals surface area contributed by atoms with Crippen molar-refractivity contribution < 1.29 is 71.2 Å². The van der Waals surface area contributed by atoms with E-state index in [1.807, 2.05) is 0 Å². The number of benzene rings is 2. The second kappa shape index (κ2) is 20.4. The summed E-state index contributed by atoms with van der Waals surface area (Å²) >= 11 is 0. The van der Waals surface area contributed by atoms with Crippen molar-refractivity contribution in [2.24, 2.45) is 0 Å². The first-order valence-electron chi connectivity index (χ1n) is 17.8. The quantitative estimate of drug-likeness (QED) is 0.0416. The maximum Gasteiger partial charge on any atom is 0.369 e. The third kappa shape index (κ3) is 13.1. The molecule has 55 heavy (non-hydrogen) atoms. The van der Waals surface area contributed by atoms with E-state index in [9.17, 15) is 53.0 Å². The number of hydrogen-bond acceptors (Lipinski definition) is 9. The average Bonchev–Trinajstić information content (AvgIpc) is 3.47. The molecule has 1 aliphatic rings. The molecule has 0 saturated carbocycles. The molecule has 2 amide bonds. The van der Waals surface area contributed by atoms with Crippen LogP contribution in [-0.2, 0) is 45.3 Å². The largest absolute Gasteiger partial charge is 0.466 e. The Morgan fingerprint density at radius 2 is 1.58 bits per heavy atom. The smallest absolute Gasteiger partial charge is 0.369 e. The van der Waals surface area contributed by atoms with Gasteiger partial charge in [-0.2, -0.15) is 8.78 Å². The van der Waals surface area contributed by atoms with Crippen molar-refractivity contribution >= 4 is 38.9 Å². The van der Waals surface area contributed by atoms with E-state index in [0.717, 1.165) is 18.9 Å². The third-order valence-corrected chi connectivity index (χ3v) is 12.8. The molecule has 304 valence electrons. The highest BCUT2D eigenvalue weighted by Gasteiger charge is 2.58. The molecule has 1 fully saturated rings. The van der Waals surface area contributed by atoms with Crippen LogP contribution in [0.3, 0.4) is 0 Å². The van der Waals surface area contributed by atoms with Gasteiger partial charge in [0.25, 0.3) is 11.0 Å². The molecule has 0 unspecified atom stereocenters. The fourth-order valence-electron chi connectivity index (χ4n) is 5.89. The van der Waals surface area contributed by atoms with Gasteiger partial charge in [-0.1, -0.05) is 61.4 Å². The van der Waals surface area contributed by atoms with Gasteiger partial charge in [0.2, 0.25) is 5.91 Å². The van der Waals surface area contributed by atoms with Crippen molar-refractivity contribution in [1.29, 1.82) is 0 Å². The van der Waals surface area contributed by atoms with Crippen LogP contribution in [0, 0.1) is 0 Å². The maximum atomic E-state index is 15.9. The number of rotatable bonds is 22. The van der Waals surface area contributed by atoms with Crippen LogP contribution in [0.4, 0.5) is 8.78 Å². The van der Waals surface area contributed by atoms with Gasteiger partial charge in [0.15, 0.2) is 6.10 Å². The Morgan fingerprint density at radius 3 is 2.20 bits per heavy atom.